The summed E-state index contributed by atoms with van der Waals surface area (Å²) in [6.07, 6.45) is 5.35. The van der Waals surface area contributed by atoms with Gasteiger partial charge < -0.3 is 9.47 Å². The molecule has 0 spiro atoms. The molecular formula is C13H20BNOPS. The van der Waals surface area contributed by atoms with Gasteiger partial charge in [0.15, 0.2) is 0 Å². The number of hydrogen-bond donors (Lipinski definition) is 0. The summed E-state index contributed by atoms with van der Waals surface area (Å²) in [6, 6.07) is 11.5. The van der Waals surface area contributed by atoms with Crippen LogP contribution in [0.1, 0.15) is 12.8 Å². The van der Waals surface area contributed by atoms with Crippen molar-refractivity contribution in [2.24, 2.45) is 0 Å². The minimum absolute atomic E-state index is 0.380. The molecule has 2 saturated heterocycles. The third kappa shape index (κ3) is 2.49. The van der Waals surface area contributed by atoms with Crippen LogP contribution < -0.4 is 0 Å². The Balaban J connectivity index is 1.72. The summed E-state index contributed by atoms with van der Waals surface area (Å²) in [5.74, 6) is 1.14. The highest BCUT2D eigenvalue weighted by Crippen LogP contribution is 2.60. The van der Waals surface area contributed by atoms with E-state index >= 15 is 0 Å². The second-order valence-corrected chi connectivity index (χ2v) is 11.6. The van der Waals surface area contributed by atoms with Crippen molar-refractivity contribution in [2.75, 3.05) is 18.6 Å². The van der Waals surface area contributed by atoms with Crippen molar-refractivity contribution >= 4 is 25.7 Å². The maximum absolute atomic E-state index is 5.89. The molecular weight excluding hydrogens is 260 g/mol. The average molecular weight is 280 g/mol. The molecule has 0 amide bonds. The van der Waals surface area contributed by atoms with Gasteiger partial charge in [-0.3, -0.25) is 0 Å². The van der Waals surface area contributed by atoms with E-state index in [1.807, 2.05) is 7.62 Å². The molecule has 97 valence electrons. The fourth-order valence-corrected chi connectivity index (χ4v) is 5.91. The van der Waals surface area contributed by atoms with E-state index in [0.717, 1.165) is 5.75 Å². The lowest BCUT2D eigenvalue weighted by Crippen LogP contribution is -2.32. The molecule has 18 heavy (non-hydrogen) atoms. The molecule has 0 aliphatic carbocycles. The Morgan fingerprint density at radius 1 is 1.44 bits per heavy atom. The molecule has 2 aliphatic heterocycles. The quantitative estimate of drug-likeness (QED) is 0.623. The van der Waals surface area contributed by atoms with Gasteiger partial charge in [0.05, 0.1) is 6.10 Å². The first kappa shape index (κ1) is 13.0. The molecule has 2 aliphatic rings. The molecule has 3 rings (SSSR count). The summed E-state index contributed by atoms with van der Waals surface area (Å²) < 4.78 is 5.89. The summed E-state index contributed by atoms with van der Waals surface area (Å²) in [4.78, 5) is 3.84. The minimum Gasteiger partial charge on any atom is -0.419 e. The van der Waals surface area contributed by atoms with Crippen LogP contribution in [0.3, 0.4) is 0 Å². The summed E-state index contributed by atoms with van der Waals surface area (Å²) in [5.41, 5.74) is 0. The molecule has 1 aromatic rings. The highest BCUT2D eigenvalue weighted by Gasteiger charge is 2.40. The number of hydrogen-bond acceptors (Lipinski definition) is 2. The zero-order valence-electron chi connectivity index (χ0n) is 10.8. The van der Waals surface area contributed by atoms with E-state index in [4.69, 9.17) is 4.65 Å². The zero-order valence-corrected chi connectivity index (χ0v) is 12.8. The molecule has 1 radical (unpaired) electrons. The van der Waals surface area contributed by atoms with Gasteiger partial charge in [-0.25, -0.2) is 0 Å². The zero-order chi connectivity index (χ0) is 12.6. The Hall–Kier alpha value is -0.0151. The molecule has 4 unspecified atom stereocenters. The van der Waals surface area contributed by atoms with Crippen LogP contribution >= 0.6 is 18.1 Å². The van der Waals surface area contributed by atoms with Crippen LogP contribution in [0.5, 0.6) is 0 Å². The molecule has 4 atom stereocenters. The summed E-state index contributed by atoms with van der Waals surface area (Å²) in [5, 5.41) is 0. The van der Waals surface area contributed by atoms with Crippen LogP contribution in [0.4, 0.5) is 0 Å². The van der Waals surface area contributed by atoms with Gasteiger partial charge in [-0.2, -0.15) is 9.65 Å². The fourth-order valence-electron chi connectivity index (χ4n) is 2.91. The monoisotopic (exact) mass is 280 g/mol. The van der Waals surface area contributed by atoms with Crippen molar-refractivity contribution in [3.63, 3.8) is 0 Å². The summed E-state index contributed by atoms with van der Waals surface area (Å²) in [6.45, 7) is 1.18. The number of rotatable bonds is 3. The van der Waals surface area contributed by atoms with Gasteiger partial charge in [-0.05, 0) is 42.7 Å². The fraction of sp³-hybridized carbons (Fsp3) is 0.538. The molecule has 5 heteroatoms. The smallest absolute Gasteiger partial charge is 0.399 e. The standard InChI is InChI=1S/C13H20BNOPS/c1-18(17,11-6-3-2-4-7-11)10-13-12-8-5-9-15(12)14-16-13/h2-4,6-7,12-13H,5,8-10,17H2,1H3. The minimum atomic E-state index is -0.837. The molecule has 2 fully saturated rings. The molecule has 2 heterocycles. The second-order valence-electron chi connectivity index (χ2n) is 5.36. The van der Waals surface area contributed by atoms with Crippen LogP contribution in [0.15, 0.2) is 35.2 Å². The van der Waals surface area contributed by atoms with Crippen molar-refractivity contribution in [3.05, 3.63) is 30.3 Å². The van der Waals surface area contributed by atoms with Crippen molar-refractivity contribution < 1.29 is 4.65 Å². The second kappa shape index (κ2) is 5.17. The van der Waals surface area contributed by atoms with E-state index in [0.29, 0.717) is 12.1 Å². The molecule has 0 saturated carbocycles. The Bertz CT molecular complexity index is 417. The Kier molecular flexibility index (Phi) is 3.73. The van der Waals surface area contributed by atoms with Crippen LogP contribution in [0, 0.1) is 0 Å². The molecule has 0 aromatic heterocycles. The van der Waals surface area contributed by atoms with Crippen LogP contribution in [0.25, 0.3) is 0 Å². The van der Waals surface area contributed by atoms with E-state index in [2.05, 4.69) is 49.8 Å². The van der Waals surface area contributed by atoms with Crippen LogP contribution in [-0.2, 0) is 4.65 Å². The van der Waals surface area contributed by atoms with Gasteiger partial charge in [-0.1, -0.05) is 26.6 Å². The molecule has 0 bridgehead atoms. The molecule has 2 nitrogen and oxygen atoms in total. The van der Waals surface area contributed by atoms with Crippen molar-refractivity contribution in [1.82, 2.24) is 4.81 Å². The lowest BCUT2D eigenvalue weighted by molar-refractivity contribution is 0.231. The van der Waals surface area contributed by atoms with Crippen molar-refractivity contribution in [3.8, 4) is 0 Å². The summed E-state index contributed by atoms with van der Waals surface area (Å²) >= 11 is 0. The Labute approximate surface area is 114 Å². The van der Waals surface area contributed by atoms with E-state index in [1.54, 1.807) is 0 Å². The van der Waals surface area contributed by atoms with Gasteiger partial charge in [0, 0.05) is 11.8 Å². The van der Waals surface area contributed by atoms with E-state index in [1.165, 1.54) is 24.3 Å². The molecule has 0 N–H and O–H groups in total. The van der Waals surface area contributed by atoms with Gasteiger partial charge in [-0.15, -0.1) is 0 Å². The van der Waals surface area contributed by atoms with Gasteiger partial charge in [0.1, 0.15) is 0 Å². The normalized spacial score (nSPS) is 32.6. The van der Waals surface area contributed by atoms with Crippen molar-refractivity contribution in [1.29, 1.82) is 0 Å². The van der Waals surface area contributed by atoms with Gasteiger partial charge in [0.2, 0.25) is 0 Å². The maximum atomic E-state index is 5.89. The average Bonchev–Trinajstić information content (AvgIpc) is 2.95. The predicted molar refractivity (Wildman–Crippen MR) is 83.2 cm³/mol. The lowest BCUT2D eigenvalue weighted by Gasteiger charge is -2.35. The van der Waals surface area contributed by atoms with Gasteiger partial charge >= 0.3 is 7.62 Å². The largest absolute Gasteiger partial charge is 0.419 e. The van der Waals surface area contributed by atoms with Crippen molar-refractivity contribution in [2.45, 2.75) is 29.9 Å². The highest BCUT2D eigenvalue weighted by molar-refractivity contribution is 8.68. The first-order valence-corrected chi connectivity index (χ1v) is 10.2. The Morgan fingerprint density at radius 3 is 3.00 bits per heavy atom. The SMILES string of the molecule is CS(P)(CC1O[B]N2CCCC12)c1ccccc1. The number of benzene rings is 1. The van der Waals surface area contributed by atoms with E-state index in [9.17, 15) is 0 Å². The first-order valence-electron chi connectivity index (χ1n) is 6.50. The van der Waals surface area contributed by atoms with E-state index in [-0.39, 0.29) is 0 Å². The third-order valence-electron chi connectivity index (χ3n) is 3.93. The van der Waals surface area contributed by atoms with Crippen LogP contribution in [-0.4, -0.2) is 43.1 Å². The number of fused-ring (bicyclic) bond motifs is 1. The summed E-state index contributed by atoms with van der Waals surface area (Å²) in [7, 11) is 4.23. The van der Waals surface area contributed by atoms with E-state index < -0.39 is 9.65 Å². The first-order chi connectivity index (χ1) is 8.67. The topological polar surface area (TPSA) is 12.5 Å². The van der Waals surface area contributed by atoms with Crippen LogP contribution in [0.2, 0.25) is 0 Å². The lowest BCUT2D eigenvalue weighted by atomic mass is 10.1. The molecule has 1 aromatic carbocycles. The third-order valence-corrected chi connectivity index (χ3v) is 7.70. The van der Waals surface area contributed by atoms with Gasteiger partial charge in [0.25, 0.3) is 0 Å². The highest BCUT2D eigenvalue weighted by atomic mass is 32.8. The predicted octanol–water partition coefficient (Wildman–Crippen LogP) is 2.67. The Morgan fingerprint density at radius 2 is 2.22 bits per heavy atom. The number of nitrogens with zero attached hydrogens (tertiary/aromatic N) is 1. The maximum Gasteiger partial charge on any atom is 0.399 e.